The first-order valence-electron chi connectivity index (χ1n) is 7.87. The lowest BCUT2D eigenvalue weighted by molar-refractivity contribution is 0.102. The summed E-state index contributed by atoms with van der Waals surface area (Å²) in [4.78, 5) is 20.6. The third-order valence-corrected chi connectivity index (χ3v) is 3.75. The number of nitrogens with zero attached hydrogens (tertiary/aromatic N) is 2. The Morgan fingerprint density at radius 1 is 1.16 bits per heavy atom. The highest BCUT2D eigenvalue weighted by Crippen LogP contribution is 2.36. The topological polar surface area (TPSA) is 85.4 Å². The van der Waals surface area contributed by atoms with E-state index in [2.05, 4.69) is 27.5 Å². The number of hydrogen-bond acceptors (Lipinski definition) is 6. The van der Waals surface area contributed by atoms with Crippen molar-refractivity contribution in [3.8, 4) is 11.5 Å². The van der Waals surface area contributed by atoms with Gasteiger partial charge in [0.2, 0.25) is 0 Å². The van der Waals surface area contributed by atoms with Crippen LogP contribution in [0, 0.1) is 0 Å². The molecule has 0 fully saturated rings. The number of ether oxygens (including phenoxy) is 2. The normalized spacial score (nSPS) is 10.2. The number of methoxy groups -OCH3 is 2. The van der Waals surface area contributed by atoms with Gasteiger partial charge in [-0.05, 0) is 6.42 Å². The molecule has 0 aliphatic heterocycles. The Labute approximate surface area is 151 Å². The van der Waals surface area contributed by atoms with E-state index in [4.69, 9.17) is 21.1 Å². The number of anilines is 2. The predicted octanol–water partition coefficient (Wildman–Crippen LogP) is 3.61. The fourth-order valence-corrected chi connectivity index (χ4v) is 2.35. The van der Waals surface area contributed by atoms with Crippen molar-refractivity contribution < 1.29 is 14.3 Å². The molecule has 0 radical (unpaired) electrons. The first-order valence-corrected chi connectivity index (χ1v) is 8.25. The maximum Gasteiger partial charge on any atom is 0.274 e. The van der Waals surface area contributed by atoms with Crippen LogP contribution in [0.4, 0.5) is 11.5 Å². The summed E-state index contributed by atoms with van der Waals surface area (Å²) in [5.74, 6) is 1.08. The minimum absolute atomic E-state index is 0.241. The minimum atomic E-state index is -0.386. The molecule has 1 amide bonds. The summed E-state index contributed by atoms with van der Waals surface area (Å²) in [7, 11) is 2.99. The quantitative estimate of drug-likeness (QED) is 0.696. The van der Waals surface area contributed by atoms with Crippen LogP contribution in [-0.2, 0) is 0 Å². The van der Waals surface area contributed by atoms with Crippen LogP contribution in [0.1, 0.15) is 30.3 Å². The Morgan fingerprint density at radius 3 is 2.60 bits per heavy atom. The number of hydrogen-bond donors (Lipinski definition) is 2. The van der Waals surface area contributed by atoms with E-state index in [1.807, 2.05) is 0 Å². The molecule has 0 atom stereocenters. The smallest absolute Gasteiger partial charge is 0.274 e. The van der Waals surface area contributed by atoms with Crippen molar-refractivity contribution in [3.05, 3.63) is 35.2 Å². The molecule has 2 rings (SSSR count). The Kier molecular flexibility index (Phi) is 6.82. The molecule has 1 heterocycles. The zero-order valence-corrected chi connectivity index (χ0v) is 15.2. The second-order valence-electron chi connectivity index (χ2n) is 5.21. The van der Waals surface area contributed by atoms with Gasteiger partial charge in [0, 0.05) is 24.7 Å². The van der Waals surface area contributed by atoms with Crippen LogP contribution < -0.4 is 20.1 Å². The van der Waals surface area contributed by atoms with Gasteiger partial charge >= 0.3 is 0 Å². The molecule has 8 heteroatoms. The number of nitrogens with one attached hydrogen (secondary N) is 2. The molecule has 2 N–H and O–H groups in total. The van der Waals surface area contributed by atoms with E-state index in [-0.39, 0.29) is 11.6 Å². The van der Waals surface area contributed by atoms with Gasteiger partial charge < -0.3 is 20.1 Å². The molecule has 0 bridgehead atoms. The maximum atomic E-state index is 12.5. The zero-order chi connectivity index (χ0) is 18.2. The van der Waals surface area contributed by atoms with Gasteiger partial charge in [0.1, 0.15) is 29.3 Å². The van der Waals surface area contributed by atoms with Crippen LogP contribution in [0.15, 0.2) is 24.5 Å². The monoisotopic (exact) mass is 364 g/mol. The van der Waals surface area contributed by atoms with Gasteiger partial charge in [0.15, 0.2) is 0 Å². The van der Waals surface area contributed by atoms with Crippen LogP contribution in [0.25, 0.3) is 0 Å². The third-order valence-electron chi connectivity index (χ3n) is 3.46. The van der Waals surface area contributed by atoms with Crippen molar-refractivity contribution in [1.82, 2.24) is 9.97 Å². The minimum Gasteiger partial charge on any atom is -0.495 e. The first kappa shape index (κ1) is 18.8. The molecule has 2 aromatic rings. The summed E-state index contributed by atoms with van der Waals surface area (Å²) < 4.78 is 10.4. The standard InChI is InChI=1S/C17H21ClN4O3/c1-4-5-6-19-16-9-13(20-10-21-16)17(23)22-12-8-14(24-2)11(18)7-15(12)25-3/h7-10H,4-6H2,1-3H3,(H,22,23)(H,19,20,21). The number of aromatic nitrogens is 2. The number of amides is 1. The maximum absolute atomic E-state index is 12.5. The predicted molar refractivity (Wildman–Crippen MR) is 97.9 cm³/mol. The Hall–Kier alpha value is -2.54. The van der Waals surface area contributed by atoms with Crippen molar-refractivity contribution in [2.45, 2.75) is 19.8 Å². The number of rotatable bonds is 8. The number of benzene rings is 1. The lowest BCUT2D eigenvalue weighted by Gasteiger charge is -2.13. The second kappa shape index (κ2) is 9.08. The summed E-state index contributed by atoms with van der Waals surface area (Å²) in [6, 6.07) is 4.78. The number of carbonyl (C=O) groups excluding carboxylic acids is 1. The fraction of sp³-hybridized carbons (Fsp3) is 0.353. The molecule has 0 unspecified atom stereocenters. The van der Waals surface area contributed by atoms with E-state index in [1.54, 1.807) is 18.2 Å². The number of unbranched alkanes of at least 4 members (excludes halogenated alkanes) is 1. The largest absolute Gasteiger partial charge is 0.495 e. The molecular formula is C17H21ClN4O3. The summed E-state index contributed by atoms with van der Waals surface area (Å²) in [6.45, 7) is 2.89. The molecule has 0 saturated heterocycles. The van der Waals surface area contributed by atoms with Crippen LogP contribution in [-0.4, -0.2) is 36.6 Å². The SMILES string of the molecule is CCCCNc1cc(C(=O)Nc2cc(OC)c(Cl)cc2OC)ncn1. The molecule has 25 heavy (non-hydrogen) atoms. The summed E-state index contributed by atoms with van der Waals surface area (Å²) in [6.07, 6.45) is 3.44. The van der Waals surface area contributed by atoms with Gasteiger partial charge in [-0.2, -0.15) is 0 Å². The van der Waals surface area contributed by atoms with E-state index in [9.17, 15) is 4.79 Å². The van der Waals surface area contributed by atoms with Crippen LogP contribution in [0.2, 0.25) is 5.02 Å². The lowest BCUT2D eigenvalue weighted by atomic mass is 10.2. The van der Waals surface area contributed by atoms with Crippen molar-refractivity contribution in [3.63, 3.8) is 0 Å². The summed E-state index contributed by atoms with van der Waals surface area (Å²) in [5.41, 5.74) is 0.679. The average Bonchev–Trinajstić information content (AvgIpc) is 2.63. The van der Waals surface area contributed by atoms with Gasteiger partial charge in [0.05, 0.1) is 24.9 Å². The van der Waals surface area contributed by atoms with Crippen LogP contribution in [0.3, 0.4) is 0 Å². The van der Waals surface area contributed by atoms with Crippen molar-refractivity contribution >= 4 is 29.0 Å². The van der Waals surface area contributed by atoms with Crippen LogP contribution >= 0.6 is 11.6 Å². The van der Waals surface area contributed by atoms with Gasteiger partial charge in [-0.1, -0.05) is 24.9 Å². The van der Waals surface area contributed by atoms with E-state index >= 15 is 0 Å². The summed E-state index contributed by atoms with van der Waals surface area (Å²) >= 11 is 6.07. The Morgan fingerprint density at radius 2 is 1.92 bits per heavy atom. The highest BCUT2D eigenvalue weighted by Gasteiger charge is 2.15. The molecule has 0 spiro atoms. The van der Waals surface area contributed by atoms with E-state index < -0.39 is 0 Å². The molecule has 0 aliphatic carbocycles. The molecule has 0 aliphatic rings. The molecule has 134 valence electrons. The van der Waals surface area contributed by atoms with E-state index in [0.29, 0.717) is 28.0 Å². The van der Waals surface area contributed by atoms with Crippen molar-refractivity contribution in [2.24, 2.45) is 0 Å². The average molecular weight is 365 g/mol. The van der Waals surface area contributed by atoms with Gasteiger partial charge in [0.25, 0.3) is 5.91 Å². The van der Waals surface area contributed by atoms with Crippen molar-refractivity contribution in [1.29, 1.82) is 0 Å². The number of carbonyl (C=O) groups is 1. The summed E-state index contributed by atoms with van der Waals surface area (Å²) in [5, 5.41) is 6.30. The first-order chi connectivity index (χ1) is 12.1. The highest BCUT2D eigenvalue weighted by atomic mass is 35.5. The Balaban J connectivity index is 2.18. The van der Waals surface area contributed by atoms with E-state index in [1.165, 1.54) is 20.5 Å². The number of halogens is 1. The van der Waals surface area contributed by atoms with Gasteiger partial charge in [-0.25, -0.2) is 9.97 Å². The fourth-order valence-electron chi connectivity index (χ4n) is 2.12. The molecule has 0 saturated carbocycles. The molecular weight excluding hydrogens is 344 g/mol. The van der Waals surface area contributed by atoms with Crippen LogP contribution in [0.5, 0.6) is 11.5 Å². The highest BCUT2D eigenvalue weighted by molar-refractivity contribution is 6.32. The second-order valence-corrected chi connectivity index (χ2v) is 5.62. The van der Waals surface area contributed by atoms with E-state index in [0.717, 1.165) is 19.4 Å². The zero-order valence-electron chi connectivity index (χ0n) is 14.4. The van der Waals surface area contributed by atoms with Crippen molar-refractivity contribution in [2.75, 3.05) is 31.4 Å². The lowest BCUT2D eigenvalue weighted by Crippen LogP contribution is -2.15. The molecule has 1 aromatic heterocycles. The van der Waals surface area contributed by atoms with Gasteiger partial charge in [-0.15, -0.1) is 0 Å². The van der Waals surface area contributed by atoms with Gasteiger partial charge in [-0.3, -0.25) is 4.79 Å². The Bertz CT molecular complexity index is 740. The molecule has 7 nitrogen and oxygen atoms in total. The molecule has 1 aromatic carbocycles. The third kappa shape index (κ3) is 4.96.